The molecule has 7 heteroatoms. The van der Waals surface area contributed by atoms with Gasteiger partial charge in [0.05, 0.1) is 5.56 Å². The number of carbonyl (C=O) groups excluding carboxylic acids is 1. The number of benzene rings is 2. The summed E-state index contributed by atoms with van der Waals surface area (Å²) in [6.45, 7) is 5.82. The number of H-pyrrole nitrogens is 1. The van der Waals surface area contributed by atoms with Crippen LogP contribution in [0.15, 0.2) is 42.6 Å². The van der Waals surface area contributed by atoms with E-state index in [0.29, 0.717) is 16.8 Å². The maximum Gasteiger partial charge on any atom is 0.335 e. The molecular weight excluding hydrogens is 394 g/mol. The van der Waals surface area contributed by atoms with E-state index >= 15 is 0 Å². The Kier molecular flexibility index (Phi) is 6.08. The Morgan fingerprint density at radius 2 is 1.84 bits per heavy atom. The van der Waals surface area contributed by atoms with Crippen LogP contribution in [0.2, 0.25) is 0 Å². The Labute approximate surface area is 181 Å². The summed E-state index contributed by atoms with van der Waals surface area (Å²) >= 11 is 0. The van der Waals surface area contributed by atoms with Crippen LogP contribution in [0.3, 0.4) is 0 Å². The molecule has 3 aromatic rings. The molecule has 5 N–H and O–H groups in total. The van der Waals surface area contributed by atoms with Crippen molar-refractivity contribution in [1.29, 1.82) is 0 Å². The number of fused-ring (bicyclic) bond motifs is 1. The molecular formula is C24H29N3O4. The SMILES string of the molecule is CN(Cc1c(N)ccc(C(=O)O)c1C(C)(C)C)C(=O)C(O)Cc1c[nH]c2ccccc12. The van der Waals surface area contributed by atoms with Crippen LogP contribution in [0, 0.1) is 0 Å². The average Bonchev–Trinajstić information content (AvgIpc) is 3.10. The Hall–Kier alpha value is -3.32. The Bertz CT molecular complexity index is 1130. The van der Waals surface area contributed by atoms with Crippen LogP contribution in [-0.2, 0) is 23.2 Å². The lowest BCUT2D eigenvalue weighted by molar-refractivity contribution is -0.139. The number of hydrogen-bond donors (Lipinski definition) is 4. The molecule has 0 aliphatic carbocycles. The fraction of sp³-hybridized carbons (Fsp3) is 0.333. The van der Waals surface area contributed by atoms with Crippen molar-refractivity contribution < 1.29 is 19.8 Å². The van der Waals surface area contributed by atoms with Crippen LogP contribution in [0.25, 0.3) is 10.9 Å². The lowest BCUT2D eigenvalue weighted by Gasteiger charge is -2.29. The normalized spacial score (nSPS) is 12.7. The zero-order chi connectivity index (χ0) is 22.9. The number of carbonyl (C=O) groups is 2. The predicted molar refractivity (Wildman–Crippen MR) is 121 cm³/mol. The summed E-state index contributed by atoms with van der Waals surface area (Å²) in [7, 11) is 1.58. The molecule has 0 aliphatic heterocycles. The number of aromatic amines is 1. The van der Waals surface area contributed by atoms with Gasteiger partial charge in [-0.25, -0.2) is 4.79 Å². The summed E-state index contributed by atoms with van der Waals surface area (Å²) in [6, 6.07) is 10.7. The quantitative estimate of drug-likeness (QED) is 0.454. The largest absolute Gasteiger partial charge is 0.478 e. The van der Waals surface area contributed by atoms with Crippen molar-refractivity contribution in [2.24, 2.45) is 0 Å². The molecule has 1 heterocycles. The maximum atomic E-state index is 12.9. The molecule has 0 fully saturated rings. The van der Waals surface area contributed by atoms with Gasteiger partial charge >= 0.3 is 5.97 Å². The van der Waals surface area contributed by atoms with Crippen molar-refractivity contribution in [2.75, 3.05) is 12.8 Å². The second kappa shape index (κ2) is 8.43. The number of carboxylic acid groups (broad SMARTS) is 1. The molecule has 0 saturated carbocycles. The molecule has 31 heavy (non-hydrogen) atoms. The van der Waals surface area contributed by atoms with Crippen molar-refractivity contribution >= 4 is 28.5 Å². The van der Waals surface area contributed by atoms with Gasteiger partial charge in [0.2, 0.25) is 0 Å². The number of amides is 1. The van der Waals surface area contributed by atoms with Gasteiger partial charge in [-0.2, -0.15) is 0 Å². The van der Waals surface area contributed by atoms with E-state index in [4.69, 9.17) is 5.73 Å². The number of aliphatic hydroxyl groups excluding tert-OH is 1. The number of carboxylic acids is 1. The third-order valence-electron chi connectivity index (χ3n) is 5.47. The average molecular weight is 424 g/mol. The molecule has 3 rings (SSSR count). The van der Waals surface area contributed by atoms with Gasteiger partial charge in [-0.1, -0.05) is 39.0 Å². The molecule has 2 aromatic carbocycles. The van der Waals surface area contributed by atoms with Gasteiger partial charge in [0, 0.05) is 42.8 Å². The zero-order valence-corrected chi connectivity index (χ0v) is 18.3. The molecule has 0 spiro atoms. The van der Waals surface area contributed by atoms with Crippen molar-refractivity contribution in [1.82, 2.24) is 9.88 Å². The third kappa shape index (κ3) is 4.56. The number of aliphatic hydroxyl groups is 1. The lowest BCUT2D eigenvalue weighted by Crippen LogP contribution is -2.38. The summed E-state index contributed by atoms with van der Waals surface area (Å²) in [5.74, 6) is -1.50. The highest BCUT2D eigenvalue weighted by Gasteiger charge is 2.29. The van der Waals surface area contributed by atoms with Crippen LogP contribution in [0.1, 0.15) is 47.8 Å². The first kappa shape index (κ1) is 22.4. The summed E-state index contributed by atoms with van der Waals surface area (Å²) in [6.07, 6.45) is 0.739. The minimum atomic E-state index is -1.23. The van der Waals surface area contributed by atoms with E-state index < -0.39 is 23.4 Å². The Balaban J connectivity index is 1.85. The zero-order valence-electron chi connectivity index (χ0n) is 18.3. The summed E-state index contributed by atoms with van der Waals surface area (Å²) in [5.41, 5.74) is 9.24. The van der Waals surface area contributed by atoms with Crippen LogP contribution < -0.4 is 5.73 Å². The number of rotatable bonds is 6. The van der Waals surface area contributed by atoms with Gasteiger partial charge in [0.15, 0.2) is 0 Å². The second-order valence-corrected chi connectivity index (χ2v) is 8.88. The lowest BCUT2D eigenvalue weighted by atomic mass is 9.79. The van der Waals surface area contributed by atoms with E-state index in [0.717, 1.165) is 16.5 Å². The van der Waals surface area contributed by atoms with Crippen molar-refractivity contribution in [3.8, 4) is 0 Å². The molecule has 1 unspecified atom stereocenters. The number of aromatic carboxylic acids is 1. The summed E-state index contributed by atoms with van der Waals surface area (Å²) in [4.78, 5) is 29.2. The van der Waals surface area contributed by atoms with Gasteiger partial charge in [0.1, 0.15) is 6.10 Å². The first-order chi connectivity index (χ1) is 14.5. The van der Waals surface area contributed by atoms with E-state index in [2.05, 4.69) is 4.98 Å². The van der Waals surface area contributed by atoms with E-state index in [9.17, 15) is 19.8 Å². The predicted octanol–water partition coefficient (Wildman–Crippen LogP) is 3.31. The molecule has 0 aliphatic rings. The summed E-state index contributed by atoms with van der Waals surface area (Å²) < 4.78 is 0. The fourth-order valence-corrected chi connectivity index (χ4v) is 4.03. The monoisotopic (exact) mass is 423 g/mol. The van der Waals surface area contributed by atoms with Crippen molar-refractivity contribution in [3.63, 3.8) is 0 Å². The third-order valence-corrected chi connectivity index (χ3v) is 5.47. The van der Waals surface area contributed by atoms with Crippen LogP contribution in [0.4, 0.5) is 5.69 Å². The van der Waals surface area contributed by atoms with E-state index in [-0.39, 0.29) is 18.5 Å². The number of likely N-dealkylation sites (N-methyl/N-ethyl adjacent to an activating group) is 1. The first-order valence-electron chi connectivity index (χ1n) is 10.1. The molecule has 1 atom stereocenters. The Morgan fingerprint density at radius 1 is 1.16 bits per heavy atom. The standard InChI is InChI=1S/C24H29N3O4/c1-24(2,3)21-16(23(30)31)9-10-18(25)17(21)13-27(4)22(29)20(28)11-14-12-26-19-8-6-5-7-15(14)19/h5-10,12,20,26,28H,11,13,25H2,1-4H3,(H,30,31). The van der Waals surface area contributed by atoms with E-state index in [1.807, 2.05) is 45.0 Å². The molecule has 1 aromatic heterocycles. The fourth-order valence-electron chi connectivity index (χ4n) is 4.03. The first-order valence-corrected chi connectivity index (χ1v) is 10.1. The maximum absolute atomic E-state index is 12.9. The van der Waals surface area contributed by atoms with Gasteiger partial charge in [-0.15, -0.1) is 0 Å². The van der Waals surface area contributed by atoms with Gasteiger partial charge < -0.3 is 25.8 Å². The van der Waals surface area contributed by atoms with Crippen LogP contribution in [0.5, 0.6) is 0 Å². The minimum absolute atomic E-state index is 0.101. The smallest absolute Gasteiger partial charge is 0.335 e. The molecule has 7 nitrogen and oxygen atoms in total. The van der Waals surface area contributed by atoms with Crippen LogP contribution >= 0.6 is 0 Å². The molecule has 0 bridgehead atoms. The number of hydrogen-bond acceptors (Lipinski definition) is 4. The number of anilines is 1. The highest BCUT2D eigenvalue weighted by atomic mass is 16.4. The number of nitrogen functional groups attached to an aromatic ring is 1. The summed E-state index contributed by atoms with van der Waals surface area (Å²) in [5, 5.41) is 21.2. The number of nitrogens with one attached hydrogen (secondary N) is 1. The number of para-hydroxylation sites is 1. The van der Waals surface area contributed by atoms with Crippen LogP contribution in [-0.4, -0.2) is 45.1 Å². The van der Waals surface area contributed by atoms with E-state index in [1.165, 1.54) is 11.0 Å². The minimum Gasteiger partial charge on any atom is -0.478 e. The second-order valence-electron chi connectivity index (χ2n) is 8.88. The molecule has 1 amide bonds. The number of nitrogens with zero attached hydrogens (tertiary/aromatic N) is 1. The molecule has 0 radical (unpaired) electrons. The molecule has 0 saturated heterocycles. The highest BCUT2D eigenvalue weighted by molar-refractivity contribution is 5.91. The van der Waals surface area contributed by atoms with Gasteiger partial charge in [-0.3, -0.25) is 4.79 Å². The number of aromatic nitrogens is 1. The van der Waals surface area contributed by atoms with Crippen molar-refractivity contribution in [2.45, 2.75) is 45.3 Å². The highest BCUT2D eigenvalue weighted by Crippen LogP contribution is 2.34. The Morgan fingerprint density at radius 3 is 2.48 bits per heavy atom. The van der Waals surface area contributed by atoms with Gasteiger partial charge in [0.25, 0.3) is 5.91 Å². The molecule has 164 valence electrons. The number of nitrogens with two attached hydrogens (primary N) is 1. The van der Waals surface area contributed by atoms with E-state index in [1.54, 1.807) is 19.3 Å². The van der Waals surface area contributed by atoms with Crippen molar-refractivity contribution in [3.05, 3.63) is 64.8 Å². The topological polar surface area (TPSA) is 120 Å². The van der Waals surface area contributed by atoms with Gasteiger partial charge in [-0.05, 0) is 40.3 Å².